The van der Waals surface area contributed by atoms with Gasteiger partial charge in [0.25, 0.3) is 11.6 Å². The van der Waals surface area contributed by atoms with Crippen LogP contribution in [0.1, 0.15) is 10.4 Å². The van der Waals surface area contributed by atoms with Crippen LogP contribution in [0.2, 0.25) is 0 Å². The van der Waals surface area contributed by atoms with E-state index in [0.29, 0.717) is 42.6 Å². The summed E-state index contributed by atoms with van der Waals surface area (Å²) in [4.78, 5) is 28.6. The minimum absolute atomic E-state index is 0.0368. The molecule has 3 aromatic carbocycles. The van der Waals surface area contributed by atoms with E-state index in [9.17, 15) is 19.3 Å². The van der Waals surface area contributed by atoms with Gasteiger partial charge in [0.2, 0.25) is 0 Å². The topological polar surface area (TPSA) is 94.4 Å². The summed E-state index contributed by atoms with van der Waals surface area (Å²) in [6.07, 6.45) is 0. The average molecular weight is 528 g/mol. The number of aromatic nitrogens is 1. The highest BCUT2D eigenvalue weighted by Crippen LogP contribution is 2.40. The van der Waals surface area contributed by atoms with E-state index >= 15 is 0 Å². The first-order chi connectivity index (χ1) is 15.9. The number of nitro groups is 1. The van der Waals surface area contributed by atoms with Gasteiger partial charge in [-0.05, 0) is 76.1 Å². The third-order valence-corrected chi connectivity index (χ3v) is 6.36. The van der Waals surface area contributed by atoms with Crippen LogP contribution in [0, 0.1) is 15.9 Å². The van der Waals surface area contributed by atoms with Crippen molar-refractivity contribution in [2.45, 2.75) is 0 Å². The second kappa shape index (κ2) is 9.47. The third kappa shape index (κ3) is 4.91. The molecule has 7 nitrogen and oxygen atoms in total. The SMILES string of the molecule is COc1ccc(C(=O)Nc2nc(-c3ccc(F)cc3)c(-c3ccc([N+](=O)[O-])cc3)s2)cc1Br. The zero-order chi connectivity index (χ0) is 23.5. The molecule has 10 heteroatoms. The van der Waals surface area contributed by atoms with Crippen molar-refractivity contribution in [3.05, 3.63) is 92.7 Å². The second-order valence-corrected chi connectivity index (χ2v) is 8.66. The predicted molar refractivity (Wildman–Crippen MR) is 128 cm³/mol. The molecule has 0 unspecified atom stereocenters. The number of thiazole rings is 1. The van der Waals surface area contributed by atoms with Crippen LogP contribution >= 0.6 is 27.3 Å². The molecule has 0 aliphatic heterocycles. The normalized spacial score (nSPS) is 10.6. The molecule has 0 saturated heterocycles. The number of nitro benzene ring substituents is 1. The van der Waals surface area contributed by atoms with Crippen molar-refractivity contribution >= 4 is 44.0 Å². The Labute approximate surface area is 200 Å². The van der Waals surface area contributed by atoms with Crippen LogP contribution in [0.4, 0.5) is 15.2 Å². The van der Waals surface area contributed by atoms with Crippen molar-refractivity contribution in [1.29, 1.82) is 0 Å². The number of carbonyl (C=O) groups is 1. The van der Waals surface area contributed by atoms with Gasteiger partial charge in [-0.15, -0.1) is 0 Å². The highest BCUT2D eigenvalue weighted by molar-refractivity contribution is 9.10. The minimum Gasteiger partial charge on any atom is -0.496 e. The van der Waals surface area contributed by atoms with Crippen molar-refractivity contribution in [3.8, 4) is 27.4 Å². The lowest BCUT2D eigenvalue weighted by Gasteiger charge is -2.06. The number of anilines is 1. The highest BCUT2D eigenvalue weighted by Gasteiger charge is 2.18. The number of methoxy groups -OCH3 is 1. The molecular formula is C23H15BrFN3O4S. The Bertz CT molecular complexity index is 1340. The van der Waals surface area contributed by atoms with Gasteiger partial charge in [-0.3, -0.25) is 20.2 Å². The lowest BCUT2D eigenvalue weighted by atomic mass is 10.1. The Morgan fingerprint density at radius 2 is 1.76 bits per heavy atom. The number of benzene rings is 3. The molecule has 166 valence electrons. The molecule has 0 aliphatic carbocycles. The maximum Gasteiger partial charge on any atom is 0.269 e. The molecule has 0 aliphatic rings. The molecule has 0 fully saturated rings. The van der Waals surface area contributed by atoms with Crippen LogP contribution in [0.5, 0.6) is 5.75 Å². The number of carbonyl (C=O) groups excluding carboxylic acids is 1. The first-order valence-corrected chi connectivity index (χ1v) is 11.1. The molecule has 0 radical (unpaired) electrons. The molecular weight excluding hydrogens is 513 g/mol. The molecule has 0 atom stereocenters. The summed E-state index contributed by atoms with van der Waals surface area (Å²) in [5.74, 6) is -0.155. The molecule has 0 saturated carbocycles. The van der Waals surface area contributed by atoms with Crippen LogP contribution in [-0.4, -0.2) is 22.9 Å². The fraction of sp³-hybridized carbons (Fsp3) is 0.0435. The maximum atomic E-state index is 13.4. The molecule has 1 N–H and O–H groups in total. The fourth-order valence-electron chi connectivity index (χ4n) is 3.08. The molecule has 4 aromatic rings. The lowest BCUT2D eigenvalue weighted by Crippen LogP contribution is -2.11. The number of amides is 1. The van der Waals surface area contributed by atoms with E-state index in [-0.39, 0.29) is 17.4 Å². The van der Waals surface area contributed by atoms with Crippen LogP contribution in [-0.2, 0) is 0 Å². The van der Waals surface area contributed by atoms with Crippen LogP contribution in [0.25, 0.3) is 21.7 Å². The Hall–Kier alpha value is -3.63. The predicted octanol–water partition coefficient (Wildman–Crippen LogP) is 6.55. The first kappa shape index (κ1) is 22.6. The molecule has 4 rings (SSSR count). The number of halogens is 2. The summed E-state index contributed by atoms with van der Waals surface area (Å²) in [5.41, 5.74) is 2.22. The molecule has 0 bridgehead atoms. The van der Waals surface area contributed by atoms with E-state index in [4.69, 9.17) is 4.74 Å². The summed E-state index contributed by atoms with van der Waals surface area (Å²) < 4.78 is 19.3. The Morgan fingerprint density at radius 3 is 2.36 bits per heavy atom. The highest BCUT2D eigenvalue weighted by atomic mass is 79.9. The summed E-state index contributed by atoms with van der Waals surface area (Å²) in [6.45, 7) is 0. The standard InChI is InChI=1S/C23H15BrFN3O4S/c1-32-19-11-6-15(12-18(19)24)22(29)27-23-26-20(13-2-7-16(25)8-3-13)21(33-23)14-4-9-17(10-5-14)28(30)31/h2-12H,1H3,(H,26,27,29). The van der Waals surface area contributed by atoms with Crippen molar-refractivity contribution < 1.29 is 18.8 Å². The molecule has 1 aromatic heterocycles. The number of ether oxygens (including phenoxy) is 1. The van der Waals surface area contributed by atoms with Gasteiger partial charge in [-0.25, -0.2) is 9.37 Å². The Morgan fingerprint density at radius 1 is 1.09 bits per heavy atom. The number of hydrogen-bond donors (Lipinski definition) is 1. The number of rotatable bonds is 6. The van der Waals surface area contributed by atoms with Gasteiger partial charge < -0.3 is 4.74 Å². The molecule has 1 amide bonds. The van der Waals surface area contributed by atoms with E-state index in [1.807, 2.05) is 0 Å². The molecule has 0 spiro atoms. The summed E-state index contributed by atoms with van der Waals surface area (Å²) in [5, 5.41) is 14.1. The first-order valence-electron chi connectivity index (χ1n) is 9.52. The fourth-order valence-corrected chi connectivity index (χ4v) is 4.61. The van der Waals surface area contributed by atoms with E-state index in [0.717, 1.165) is 0 Å². The zero-order valence-corrected chi connectivity index (χ0v) is 19.4. The molecule has 33 heavy (non-hydrogen) atoms. The van der Waals surface area contributed by atoms with Gasteiger partial charge >= 0.3 is 0 Å². The van der Waals surface area contributed by atoms with Gasteiger partial charge in [-0.1, -0.05) is 11.3 Å². The van der Waals surface area contributed by atoms with Crippen LogP contribution in [0.15, 0.2) is 71.2 Å². The number of non-ortho nitro benzene ring substituents is 1. The van der Waals surface area contributed by atoms with Crippen molar-refractivity contribution in [1.82, 2.24) is 4.98 Å². The van der Waals surface area contributed by atoms with Crippen molar-refractivity contribution in [3.63, 3.8) is 0 Å². The smallest absolute Gasteiger partial charge is 0.269 e. The van der Waals surface area contributed by atoms with Gasteiger partial charge in [-0.2, -0.15) is 0 Å². The third-order valence-electron chi connectivity index (χ3n) is 4.72. The lowest BCUT2D eigenvalue weighted by molar-refractivity contribution is -0.384. The number of nitrogens with zero attached hydrogens (tertiary/aromatic N) is 2. The van der Waals surface area contributed by atoms with Gasteiger partial charge in [0.1, 0.15) is 11.6 Å². The summed E-state index contributed by atoms with van der Waals surface area (Å²) in [7, 11) is 1.53. The maximum absolute atomic E-state index is 13.4. The van der Waals surface area contributed by atoms with E-state index < -0.39 is 4.92 Å². The van der Waals surface area contributed by atoms with Gasteiger partial charge in [0.15, 0.2) is 5.13 Å². The van der Waals surface area contributed by atoms with Crippen molar-refractivity contribution in [2.24, 2.45) is 0 Å². The Kier molecular flexibility index (Phi) is 6.47. The second-order valence-electron chi connectivity index (χ2n) is 6.81. The number of hydrogen-bond acceptors (Lipinski definition) is 6. The minimum atomic E-state index is -0.476. The van der Waals surface area contributed by atoms with Crippen LogP contribution < -0.4 is 10.1 Å². The molecule has 1 heterocycles. The number of nitrogens with one attached hydrogen (secondary N) is 1. The summed E-state index contributed by atoms with van der Waals surface area (Å²) >= 11 is 4.58. The largest absolute Gasteiger partial charge is 0.496 e. The zero-order valence-electron chi connectivity index (χ0n) is 17.0. The monoisotopic (exact) mass is 527 g/mol. The summed E-state index contributed by atoms with van der Waals surface area (Å²) in [6, 6.07) is 16.8. The Balaban J connectivity index is 1.71. The van der Waals surface area contributed by atoms with Gasteiger partial charge in [0.05, 0.1) is 27.1 Å². The quantitative estimate of drug-likeness (QED) is 0.226. The van der Waals surface area contributed by atoms with E-state index in [1.165, 1.54) is 42.7 Å². The van der Waals surface area contributed by atoms with E-state index in [1.54, 1.807) is 42.5 Å². The van der Waals surface area contributed by atoms with Crippen molar-refractivity contribution in [2.75, 3.05) is 12.4 Å². The average Bonchev–Trinajstić information content (AvgIpc) is 3.23. The van der Waals surface area contributed by atoms with Crippen LogP contribution in [0.3, 0.4) is 0 Å². The van der Waals surface area contributed by atoms with Gasteiger partial charge in [0, 0.05) is 23.3 Å². The van der Waals surface area contributed by atoms with E-state index in [2.05, 4.69) is 26.2 Å².